The molecule has 1 saturated heterocycles. The highest BCUT2D eigenvalue weighted by Gasteiger charge is 2.35. The van der Waals surface area contributed by atoms with Gasteiger partial charge in [-0.25, -0.2) is 0 Å². The molecular weight excluding hydrogens is 380 g/mol. The minimum Gasteiger partial charge on any atom is -0.455 e. The molecule has 0 aliphatic carbocycles. The summed E-state index contributed by atoms with van der Waals surface area (Å²) < 4.78 is 5.15. The third-order valence-electron chi connectivity index (χ3n) is 5.17. The second-order valence-electron chi connectivity index (χ2n) is 7.62. The van der Waals surface area contributed by atoms with Gasteiger partial charge in [-0.15, -0.1) is 0 Å². The molecule has 6 nitrogen and oxygen atoms in total. The first-order valence-corrected chi connectivity index (χ1v) is 10.4. The van der Waals surface area contributed by atoms with Crippen LogP contribution in [0.5, 0.6) is 0 Å². The molecule has 1 aliphatic heterocycles. The van der Waals surface area contributed by atoms with Crippen LogP contribution < -0.4 is 5.32 Å². The van der Waals surface area contributed by atoms with Gasteiger partial charge in [0.25, 0.3) is 5.91 Å². The SMILES string of the molecule is CCCCc1ccc(NC(=O)COC(=O)[C@@H]2CC(=O)N(Cc3ccccc3)C2)cc1. The normalized spacial score (nSPS) is 15.8. The van der Waals surface area contributed by atoms with E-state index in [0.29, 0.717) is 18.8 Å². The third-order valence-corrected chi connectivity index (χ3v) is 5.17. The van der Waals surface area contributed by atoms with Crippen LogP contribution in [0.15, 0.2) is 54.6 Å². The lowest BCUT2D eigenvalue weighted by atomic mass is 10.1. The molecular formula is C24H28N2O4. The number of hydrogen-bond donors (Lipinski definition) is 1. The first kappa shape index (κ1) is 21.6. The molecule has 1 atom stereocenters. The summed E-state index contributed by atoms with van der Waals surface area (Å²) in [6.07, 6.45) is 3.41. The number of anilines is 1. The van der Waals surface area contributed by atoms with Gasteiger partial charge < -0.3 is 15.0 Å². The Bertz CT molecular complexity index is 865. The van der Waals surface area contributed by atoms with Crippen LogP contribution in [0.3, 0.4) is 0 Å². The van der Waals surface area contributed by atoms with Crippen molar-refractivity contribution >= 4 is 23.5 Å². The smallest absolute Gasteiger partial charge is 0.311 e. The van der Waals surface area contributed by atoms with E-state index in [1.54, 1.807) is 4.90 Å². The van der Waals surface area contributed by atoms with Gasteiger partial charge in [-0.2, -0.15) is 0 Å². The Morgan fingerprint density at radius 3 is 2.50 bits per heavy atom. The minimum atomic E-state index is -0.535. The summed E-state index contributed by atoms with van der Waals surface area (Å²) in [5, 5.41) is 2.73. The number of nitrogens with zero attached hydrogens (tertiary/aromatic N) is 1. The van der Waals surface area contributed by atoms with Gasteiger partial charge in [-0.1, -0.05) is 55.8 Å². The van der Waals surface area contributed by atoms with Gasteiger partial charge in [0.2, 0.25) is 5.91 Å². The summed E-state index contributed by atoms with van der Waals surface area (Å²) >= 11 is 0. The molecule has 2 aromatic carbocycles. The number of amides is 2. The van der Waals surface area contributed by atoms with Gasteiger partial charge in [0.05, 0.1) is 5.92 Å². The zero-order valence-corrected chi connectivity index (χ0v) is 17.3. The number of hydrogen-bond acceptors (Lipinski definition) is 4. The highest BCUT2D eigenvalue weighted by Crippen LogP contribution is 2.21. The lowest BCUT2D eigenvalue weighted by Crippen LogP contribution is -2.28. The molecule has 158 valence electrons. The van der Waals surface area contributed by atoms with Crippen LogP contribution in [0.2, 0.25) is 0 Å². The molecule has 0 aromatic heterocycles. The van der Waals surface area contributed by atoms with Crippen molar-refractivity contribution in [2.24, 2.45) is 5.92 Å². The van der Waals surface area contributed by atoms with Crippen molar-refractivity contribution in [1.82, 2.24) is 4.90 Å². The van der Waals surface area contributed by atoms with E-state index in [4.69, 9.17) is 4.74 Å². The number of carbonyl (C=O) groups excluding carboxylic acids is 3. The van der Waals surface area contributed by atoms with Gasteiger partial charge in [-0.05, 0) is 36.1 Å². The number of unbranched alkanes of at least 4 members (excludes halogenated alkanes) is 1. The van der Waals surface area contributed by atoms with Gasteiger partial charge in [-0.3, -0.25) is 14.4 Å². The van der Waals surface area contributed by atoms with Gasteiger partial charge in [0, 0.05) is 25.2 Å². The number of carbonyl (C=O) groups is 3. The van der Waals surface area contributed by atoms with E-state index in [1.807, 2.05) is 54.6 Å². The van der Waals surface area contributed by atoms with E-state index in [-0.39, 0.29) is 18.9 Å². The maximum absolute atomic E-state index is 12.3. The fraction of sp³-hybridized carbons (Fsp3) is 0.375. The average molecular weight is 408 g/mol. The van der Waals surface area contributed by atoms with Crippen molar-refractivity contribution < 1.29 is 19.1 Å². The summed E-state index contributed by atoms with van der Waals surface area (Å²) in [6.45, 7) is 2.57. The molecule has 30 heavy (non-hydrogen) atoms. The molecule has 1 N–H and O–H groups in total. The molecule has 0 spiro atoms. The molecule has 3 rings (SSSR count). The fourth-order valence-corrected chi connectivity index (χ4v) is 3.47. The summed E-state index contributed by atoms with van der Waals surface area (Å²) in [5.74, 6) is -1.51. The quantitative estimate of drug-likeness (QED) is 0.644. The van der Waals surface area contributed by atoms with E-state index in [2.05, 4.69) is 12.2 Å². The number of ether oxygens (including phenoxy) is 1. The zero-order valence-electron chi connectivity index (χ0n) is 17.3. The van der Waals surface area contributed by atoms with Crippen molar-refractivity contribution in [3.8, 4) is 0 Å². The Labute approximate surface area is 177 Å². The molecule has 2 amide bonds. The van der Waals surface area contributed by atoms with Gasteiger partial charge >= 0.3 is 5.97 Å². The highest BCUT2D eigenvalue weighted by atomic mass is 16.5. The lowest BCUT2D eigenvalue weighted by molar-refractivity contribution is -0.151. The average Bonchev–Trinajstić information content (AvgIpc) is 3.12. The molecule has 1 heterocycles. The summed E-state index contributed by atoms with van der Waals surface area (Å²) in [5.41, 5.74) is 2.91. The molecule has 1 aliphatic rings. The maximum atomic E-state index is 12.3. The van der Waals surface area contributed by atoms with Crippen LogP contribution in [0.25, 0.3) is 0 Å². The zero-order chi connectivity index (χ0) is 21.3. The van der Waals surface area contributed by atoms with E-state index in [0.717, 1.165) is 24.8 Å². The maximum Gasteiger partial charge on any atom is 0.311 e. The molecule has 6 heteroatoms. The van der Waals surface area contributed by atoms with Crippen molar-refractivity contribution in [2.45, 2.75) is 39.2 Å². The standard InChI is InChI=1S/C24H28N2O4/c1-2-3-7-18-10-12-21(13-11-18)25-22(27)17-30-24(29)20-14-23(28)26(16-20)15-19-8-5-4-6-9-19/h4-6,8-13,20H,2-3,7,14-17H2,1H3,(H,25,27)/t20-/m1/s1. The van der Waals surface area contributed by atoms with E-state index in [9.17, 15) is 14.4 Å². The van der Waals surface area contributed by atoms with Crippen LogP contribution in [0.4, 0.5) is 5.69 Å². The number of nitrogens with one attached hydrogen (secondary N) is 1. The summed E-state index contributed by atoms with van der Waals surface area (Å²) in [6, 6.07) is 17.3. The predicted octanol–water partition coefficient (Wildman–Crippen LogP) is 3.56. The first-order chi connectivity index (χ1) is 14.5. The highest BCUT2D eigenvalue weighted by molar-refractivity contribution is 5.93. The Morgan fingerprint density at radius 1 is 1.07 bits per heavy atom. The number of rotatable bonds is 9. The van der Waals surface area contributed by atoms with Crippen molar-refractivity contribution in [1.29, 1.82) is 0 Å². The Kier molecular flexibility index (Phi) is 7.60. The van der Waals surface area contributed by atoms with Crippen molar-refractivity contribution in [2.75, 3.05) is 18.5 Å². The second kappa shape index (κ2) is 10.6. The largest absolute Gasteiger partial charge is 0.455 e. The van der Waals surface area contributed by atoms with E-state index in [1.165, 1.54) is 5.56 Å². The Balaban J connectivity index is 1.42. The summed E-state index contributed by atoms with van der Waals surface area (Å²) in [7, 11) is 0. The van der Waals surface area contributed by atoms with Crippen LogP contribution in [0, 0.1) is 5.92 Å². The number of esters is 1. The molecule has 0 radical (unpaired) electrons. The fourth-order valence-electron chi connectivity index (χ4n) is 3.47. The predicted molar refractivity (Wildman–Crippen MR) is 115 cm³/mol. The molecule has 2 aromatic rings. The number of aryl methyl sites for hydroxylation is 1. The molecule has 0 saturated carbocycles. The van der Waals surface area contributed by atoms with E-state index < -0.39 is 17.8 Å². The molecule has 1 fully saturated rings. The first-order valence-electron chi connectivity index (χ1n) is 10.4. The minimum absolute atomic E-state index is 0.0755. The summed E-state index contributed by atoms with van der Waals surface area (Å²) in [4.78, 5) is 38.3. The number of benzene rings is 2. The monoisotopic (exact) mass is 408 g/mol. The van der Waals surface area contributed by atoms with Crippen molar-refractivity contribution in [3.63, 3.8) is 0 Å². The van der Waals surface area contributed by atoms with Crippen molar-refractivity contribution in [3.05, 3.63) is 65.7 Å². The van der Waals surface area contributed by atoms with Crippen LogP contribution >= 0.6 is 0 Å². The van der Waals surface area contributed by atoms with Gasteiger partial charge in [0.15, 0.2) is 6.61 Å². The van der Waals surface area contributed by atoms with Crippen LogP contribution in [-0.4, -0.2) is 35.8 Å². The second-order valence-corrected chi connectivity index (χ2v) is 7.62. The Morgan fingerprint density at radius 2 is 1.80 bits per heavy atom. The van der Waals surface area contributed by atoms with Crippen LogP contribution in [-0.2, 0) is 32.1 Å². The van der Waals surface area contributed by atoms with Crippen LogP contribution in [0.1, 0.15) is 37.3 Å². The molecule has 0 bridgehead atoms. The third kappa shape index (κ3) is 6.17. The lowest BCUT2D eigenvalue weighted by Gasteiger charge is -2.16. The number of likely N-dealkylation sites (tertiary alicyclic amines) is 1. The Hall–Kier alpha value is -3.15. The van der Waals surface area contributed by atoms with E-state index >= 15 is 0 Å². The topological polar surface area (TPSA) is 75.7 Å². The van der Waals surface area contributed by atoms with Gasteiger partial charge in [0.1, 0.15) is 0 Å². The molecule has 0 unspecified atom stereocenters.